The van der Waals surface area contributed by atoms with Gasteiger partial charge in [0.2, 0.25) is 0 Å². The number of halogens is 2. The van der Waals surface area contributed by atoms with Crippen molar-refractivity contribution in [3.8, 4) is 0 Å². The second-order valence-electron chi connectivity index (χ2n) is 2.88. The molecule has 0 atom stereocenters. The molecular formula is C8H8BrFN2. The van der Waals surface area contributed by atoms with Crippen LogP contribution < -0.4 is 5.32 Å². The molecule has 1 aliphatic rings. The topological polar surface area (TPSA) is 24.9 Å². The maximum absolute atomic E-state index is 13.2. The first-order valence-electron chi connectivity index (χ1n) is 3.79. The molecule has 0 amide bonds. The summed E-state index contributed by atoms with van der Waals surface area (Å²) in [4.78, 5) is 4.04. The summed E-state index contributed by atoms with van der Waals surface area (Å²) in [6, 6.07) is 1.46. The molecule has 0 unspecified atom stereocenters. The maximum atomic E-state index is 13.2. The standard InChI is InChI=1S/C8H8BrFN2/c9-6-1-7(10)8(12-4-6)5-2-11-3-5/h1,4-5,11H,2-3H2. The van der Waals surface area contributed by atoms with E-state index < -0.39 is 0 Å². The zero-order valence-corrected chi connectivity index (χ0v) is 7.94. The van der Waals surface area contributed by atoms with Gasteiger partial charge in [-0.25, -0.2) is 4.39 Å². The summed E-state index contributed by atoms with van der Waals surface area (Å²) in [6.45, 7) is 1.68. The molecule has 1 fully saturated rings. The predicted octanol–water partition coefficient (Wildman–Crippen LogP) is 1.67. The van der Waals surface area contributed by atoms with Gasteiger partial charge >= 0.3 is 0 Å². The molecule has 1 aliphatic heterocycles. The number of pyridine rings is 1. The molecule has 2 rings (SSSR count). The zero-order chi connectivity index (χ0) is 8.55. The lowest BCUT2D eigenvalue weighted by Gasteiger charge is -2.26. The molecule has 0 aliphatic carbocycles. The molecule has 2 heterocycles. The number of rotatable bonds is 1. The van der Waals surface area contributed by atoms with Crippen LogP contribution in [0.2, 0.25) is 0 Å². The fourth-order valence-electron chi connectivity index (χ4n) is 1.21. The Balaban J connectivity index is 2.31. The van der Waals surface area contributed by atoms with Gasteiger partial charge in [0.25, 0.3) is 0 Å². The molecule has 1 aromatic rings. The second kappa shape index (κ2) is 3.11. The minimum absolute atomic E-state index is 0.212. The Morgan fingerprint density at radius 2 is 2.33 bits per heavy atom. The average Bonchev–Trinajstić information content (AvgIpc) is 1.91. The van der Waals surface area contributed by atoms with Crippen LogP contribution in [-0.2, 0) is 0 Å². The lowest BCUT2D eigenvalue weighted by molar-refractivity contribution is 0.420. The van der Waals surface area contributed by atoms with Crippen LogP contribution in [0.1, 0.15) is 11.6 Å². The van der Waals surface area contributed by atoms with Crippen molar-refractivity contribution >= 4 is 15.9 Å². The SMILES string of the molecule is Fc1cc(Br)cnc1C1CNC1. The van der Waals surface area contributed by atoms with E-state index in [9.17, 15) is 4.39 Å². The molecule has 0 saturated carbocycles. The highest BCUT2D eigenvalue weighted by Crippen LogP contribution is 2.22. The first-order chi connectivity index (χ1) is 5.77. The van der Waals surface area contributed by atoms with Gasteiger partial charge in [-0.3, -0.25) is 4.98 Å². The zero-order valence-electron chi connectivity index (χ0n) is 6.35. The van der Waals surface area contributed by atoms with Crippen LogP contribution in [0.4, 0.5) is 4.39 Å². The van der Waals surface area contributed by atoms with Crippen LogP contribution in [0, 0.1) is 5.82 Å². The normalized spacial score (nSPS) is 17.5. The number of hydrogen-bond acceptors (Lipinski definition) is 2. The predicted molar refractivity (Wildman–Crippen MR) is 47.5 cm³/mol. The van der Waals surface area contributed by atoms with Crippen LogP contribution in [0.15, 0.2) is 16.7 Å². The van der Waals surface area contributed by atoms with Crippen molar-refractivity contribution in [1.29, 1.82) is 0 Å². The van der Waals surface area contributed by atoms with Gasteiger partial charge in [0, 0.05) is 29.7 Å². The Morgan fingerprint density at radius 1 is 1.58 bits per heavy atom. The number of aromatic nitrogens is 1. The first-order valence-corrected chi connectivity index (χ1v) is 4.58. The highest BCUT2D eigenvalue weighted by atomic mass is 79.9. The monoisotopic (exact) mass is 230 g/mol. The van der Waals surface area contributed by atoms with E-state index in [0.29, 0.717) is 10.2 Å². The minimum atomic E-state index is -0.212. The Hall–Kier alpha value is -0.480. The molecule has 1 saturated heterocycles. The Bertz CT molecular complexity index is 299. The second-order valence-corrected chi connectivity index (χ2v) is 3.79. The van der Waals surface area contributed by atoms with Gasteiger partial charge in [-0.05, 0) is 22.0 Å². The summed E-state index contributed by atoms with van der Waals surface area (Å²) in [5, 5.41) is 3.08. The highest BCUT2D eigenvalue weighted by Gasteiger charge is 2.23. The van der Waals surface area contributed by atoms with Crippen LogP contribution >= 0.6 is 15.9 Å². The molecule has 0 spiro atoms. The van der Waals surface area contributed by atoms with Gasteiger partial charge in [-0.2, -0.15) is 0 Å². The molecule has 1 N–H and O–H groups in total. The Labute approximate surface area is 78.3 Å². The van der Waals surface area contributed by atoms with Crippen LogP contribution in [0.3, 0.4) is 0 Å². The van der Waals surface area contributed by atoms with Gasteiger partial charge in [0.05, 0.1) is 5.69 Å². The van der Waals surface area contributed by atoms with Gasteiger partial charge in [-0.15, -0.1) is 0 Å². The van der Waals surface area contributed by atoms with E-state index in [-0.39, 0.29) is 11.7 Å². The lowest BCUT2D eigenvalue weighted by Crippen LogP contribution is -2.40. The van der Waals surface area contributed by atoms with Crippen LogP contribution in [0.5, 0.6) is 0 Å². The highest BCUT2D eigenvalue weighted by molar-refractivity contribution is 9.10. The van der Waals surface area contributed by atoms with Crippen molar-refractivity contribution in [3.63, 3.8) is 0 Å². The van der Waals surface area contributed by atoms with E-state index in [1.807, 2.05) is 0 Å². The summed E-state index contributed by atoms with van der Waals surface area (Å²) in [5.74, 6) is 0.0500. The largest absolute Gasteiger partial charge is 0.315 e. The first kappa shape index (κ1) is 8.13. The van der Waals surface area contributed by atoms with Gasteiger partial charge in [-0.1, -0.05) is 0 Å². The molecule has 12 heavy (non-hydrogen) atoms. The van der Waals surface area contributed by atoms with E-state index in [4.69, 9.17) is 0 Å². The maximum Gasteiger partial charge on any atom is 0.146 e. The third-order valence-electron chi connectivity index (χ3n) is 2.00. The number of hydrogen-bond donors (Lipinski definition) is 1. The smallest absolute Gasteiger partial charge is 0.146 e. The van der Waals surface area contributed by atoms with Crippen molar-refractivity contribution in [2.45, 2.75) is 5.92 Å². The van der Waals surface area contributed by atoms with Crippen molar-refractivity contribution in [1.82, 2.24) is 10.3 Å². The van der Waals surface area contributed by atoms with E-state index in [2.05, 4.69) is 26.2 Å². The Morgan fingerprint density at radius 3 is 2.83 bits per heavy atom. The quantitative estimate of drug-likeness (QED) is 0.795. The van der Waals surface area contributed by atoms with Crippen LogP contribution in [0.25, 0.3) is 0 Å². The van der Waals surface area contributed by atoms with Gasteiger partial charge in [0.1, 0.15) is 5.82 Å². The Kier molecular flexibility index (Phi) is 2.11. The lowest BCUT2D eigenvalue weighted by atomic mass is 9.98. The number of nitrogens with zero attached hydrogens (tertiary/aromatic N) is 1. The summed E-state index contributed by atoms with van der Waals surface area (Å²) in [5.41, 5.74) is 0.581. The average molecular weight is 231 g/mol. The van der Waals surface area contributed by atoms with Crippen LogP contribution in [-0.4, -0.2) is 18.1 Å². The van der Waals surface area contributed by atoms with E-state index in [1.165, 1.54) is 6.07 Å². The van der Waals surface area contributed by atoms with Gasteiger partial charge < -0.3 is 5.32 Å². The van der Waals surface area contributed by atoms with E-state index in [1.54, 1.807) is 6.20 Å². The van der Waals surface area contributed by atoms with E-state index >= 15 is 0 Å². The summed E-state index contributed by atoms with van der Waals surface area (Å²) < 4.78 is 13.9. The molecule has 0 radical (unpaired) electrons. The van der Waals surface area contributed by atoms with Crippen molar-refractivity contribution in [3.05, 3.63) is 28.2 Å². The molecule has 64 valence electrons. The fourth-order valence-corrected chi connectivity index (χ4v) is 1.51. The van der Waals surface area contributed by atoms with Crippen molar-refractivity contribution in [2.75, 3.05) is 13.1 Å². The summed E-state index contributed by atoms with van der Waals surface area (Å²) in [7, 11) is 0. The third-order valence-corrected chi connectivity index (χ3v) is 2.44. The van der Waals surface area contributed by atoms with Gasteiger partial charge in [0.15, 0.2) is 0 Å². The summed E-state index contributed by atoms with van der Waals surface area (Å²) in [6.07, 6.45) is 1.64. The molecule has 1 aromatic heterocycles. The molecule has 0 bridgehead atoms. The van der Waals surface area contributed by atoms with Crippen molar-refractivity contribution < 1.29 is 4.39 Å². The molecule has 4 heteroatoms. The van der Waals surface area contributed by atoms with Crippen molar-refractivity contribution in [2.24, 2.45) is 0 Å². The molecule has 0 aromatic carbocycles. The third kappa shape index (κ3) is 1.36. The minimum Gasteiger partial charge on any atom is -0.315 e. The van der Waals surface area contributed by atoms with E-state index in [0.717, 1.165) is 13.1 Å². The number of nitrogens with one attached hydrogen (secondary N) is 1. The molecular weight excluding hydrogens is 223 g/mol. The molecule has 2 nitrogen and oxygen atoms in total. The fraction of sp³-hybridized carbons (Fsp3) is 0.375. The summed E-state index contributed by atoms with van der Waals surface area (Å²) >= 11 is 3.17.